The number of carbonyl (C=O) groups excluding carboxylic acids is 1. The summed E-state index contributed by atoms with van der Waals surface area (Å²) in [6.07, 6.45) is 3.05. The van der Waals surface area contributed by atoms with E-state index in [0.717, 1.165) is 37.9 Å². The zero-order chi connectivity index (χ0) is 15.5. The number of hydrogen-bond donors (Lipinski definition) is 1. The summed E-state index contributed by atoms with van der Waals surface area (Å²) in [6, 6.07) is 9.54. The molecule has 1 saturated heterocycles. The third-order valence-electron chi connectivity index (χ3n) is 4.08. The summed E-state index contributed by atoms with van der Waals surface area (Å²) in [6.45, 7) is 1.78. The van der Waals surface area contributed by atoms with E-state index in [4.69, 9.17) is 17.3 Å². The Morgan fingerprint density at radius 3 is 2.77 bits per heavy atom. The Bertz CT molecular complexity index is 674. The van der Waals surface area contributed by atoms with Gasteiger partial charge in [0, 0.05) is 30.6 Å². The molecular formula is C16H17ClN4O. The molecule has 114 valence electrons. The van der Waals surface area contributed by atoms with E-state index >= 15 is 0 Å². The second-order valence-corrected chi connectivity index (χ2v) is 5.89. The van der Waals surface area contributed by atoms with Crippen molar-refractivity contribution in [3.8, 4) is 0 Å². The summed E-state index contributed by atoms with van der Waals surface area (Å²) in [5.74, 6) is 0.808. The molecule has 22 heavy (non-hydrogen) atoms. The van der Waals surface area contributed by atoms with Gasteiger partial charge in [0.2, 0.25) is 0 Å². The SMILES string of the molecule is Nc1nnc(Cl)cc1N1CCCC(c2ccc(C=O)cc2)C1. The lowest BCUT2D eigenvalue weighted by molar-refractivity contribution is 0.112. The molecule has 1 aromatic heterocycles. The fraction of sp³-hybridized carbons (Fsp3) is 0.312. The quantitative estimate of drug-likeness (QED) is 0.881. The van der Waals surface area contributed by atoms with Gasteiger partial charge in [0.1, 0.15) is 6.29 Å². The monoisotopic (exact) mass is 316 g/mol. The van der Waals surface area contributed by atoms with Crippen LogP contribution in [-0.2, 0) is 0 Å². The van der Waals surface area contributed by atoms with Crippen LogP contribution in [0.3, 0.4) is 0 Å². The minimum atomic E-state index is 0.349. The third kappa shape index (κ3) is 3.04. The molecule has 2 N–H and O–H groups in total. The van der Waals surface area contributed by atoms with Gasteiger partial charge in [-0.1, -0.05) is 35.9 Å². The first-order valence-corrected chi connectivity index (χ1v) is 7.64. The van der Waals surface area contributed by atoms with Gasteiger partial charge in [-0.25, -0.2) is 0 Å². The summed E-state index contributed by atoms with van der Waals surface area (Å²) in [5.41, 5.74) is 8.71. The average molecular weight is 317 g/mol. The highest BCUT2D eigenvalue weighted by molar-refractivity contribution is 6.29. The molecule has 6 heteroatoms. The van der Waals surface area contributed by atoms with Gasteiger partial charge in [-0.05, 0) is 18.4 Å². The minimum absolute atomic E-state index is 0.349. The van der Waals surface area contributed by atoms with Crippen LogP contribution >= 0.6 is 11.6 Å². The molecule has 2 aromatic rings. The molecule has 1 aliphatic rings. The number of piperidine rings is 1. The largest absolute Gasteiger partial charge is 0.380 e. The lowest BCUT2D eigenvalue weighted by atomic mass is 9.90. The van der Waals surface area contributed by atoms with Crippen LogP contribution in [-0.4, -0.2) is 29.6 Å². The van der Waals surface area contributed by atoms with Crippen molar-refractivity contribution >= 4 is 29.4 Å². The van der Waals surface area contributed by atoms with E-state index in [2.05, 4.69) is 15.1 Å². The summed E-state index contributed by atoms with van der Waals surface area (Å²) in [4.78, 5) is 13.0. The molecule has 0 saturated carbocycles. The van der Waals surface area contributed by atoms with E-state index in [1.807, 2.05) is 24.3 Å². The molecule has 2 heterocycles. The van der Waals surface area contributed by atoms with Crippen molar-refractivity contribution in [2.45, 2.75) is 18.8 Å². The van der Waals surface area contributed by atoms with E-state index in [9.17, 15) is 4.79 Å². The summed E-state index contributed by atoms with van der Waals surface area (Å²) < 4.78 is 0. The van der Waals surface area contributed by atoms with Crippen LogP contribution in [0.25, 0.3) is 0 Å². The van der Waals surface area contributed by atoms with E-state index in [1.165, 1.54) is 5.56 Å². The molecule has 0 spiro atoms. The lowest BCUT2D eigenvalue weighted by Crippen LogP contribution is -2.35. The predicted molar refractivity (Wildman–Crippen MR) is 87.5 cm³/mol. The number of nitrogen functional groups attached to an aromatic ring is 1. The van der Waals surface area contributed by atoms with Gasteiger partial charge in [-0.15, -0.1) is 10.2 Å². The summed E-state index contributed by atoms with van der Waals surface area (Å²) in [7, 11) is 0. The molecule has 0 bridgehead atoms. The van der Waals surface area contributed by atoms with Crippen LogP contribution in [0.1, 0.15) is 34.7 Å². The Morgan fingerprint density at radius 2 is 2.05 bits per heavy atom. The molecule has 1 atom stereocenters. The van der Waals surface area contributed by atoms with Crippen molar-refractivity contribution in [2.75, 3.05) is 23.7 Å². The van der Waals surface area contributed by atoms with Crippen LogP contribution in [0.2, 0.25) is 5.15 Å². The van der Waals surface area contributed by atoms with Crippen LogP contribution < -0.4 is 10.6 Å². The van der Waals surface area contributed by atoms with E-state index in [0.29, 0.717) is 22.5 Å². The Balaban J connectivity index is 1.81. The van der Waals surface area contributed by atoms with Gasteiger partial charge in [-0.2, -0.15) is 0 Å². The lowest BCUT2D eigenvalue weighted by Gasteiger charge is -2.35. The van der Waals surface area contributed by atoms with Gasteiger partial charge in [0.15, 0.2) is 11.0 Å². The van der Waals surface area contributed by atoms with Gasteiger partial charge in [0.05, 0.1) is 5.69 Å². The molecule has 1 unspecified atom stereocenters. The Morgan fingerprint density at radius 1 is 1.27 bits per heavy atom. The zero-order valence-electron chi connectivity index (χ0n) is 12.1. The van der Waals surface area contributed by atoms with Crippen molar-refractivity contribution in [1.82, 2.24) is 10.2 Å². The number of aldehydes is 1. The minimum Gasteiger partial charge on any atom is -0.380 e. The standard InChI is InChI=1S/C16H17ClN4O/c17-15-8-14(16(18)20-19-15)21-7-1-2-13(9-21)12-5-3-11(10-22)4-6-12/h3-6,8,10,13H,1-2,7,9H2,(H2,18,20). The third-order valence-corrected chi connectivity index (χ3v) is 4.26. The van der Waals surface area contributed by atoms with E-state index in [1.54, 1.807) is 6.07 Å². The highest BCUT2D eigenvalue weighted by atomic mass is 35.5. The Hall–Kier alpha value is -2.14. The van der Waals surface area contributed by atoms with Crippen LogP contribution in [0.5, 0.6) is 0 Å². The number of nitrogens with two attached hydrogens (primary N) is 1. The molecule has 1 fully saturated rings. The van der Waals surface area contributed by atoms with Crippen LogP contribution in [0.4, 0.5) is 11.5 Å². The number of halogens is 1. The fourth-order valence-corrected chi connectivity index (χ4v) is 3.08. The number of anilines is 2. The number of benzene rings is 1. The summed E-state index contributed by atoms with van der Waals surface area (Å²) in [5, 5.41) is 8.00. The molecule has 5 nitrogen and oxygen atoms in total. The van der Waals surface area contributed by atoms with Crippen molar-refractivity contribution in [2.24, 2.45) is 0 Å². The normalized spacial score (nSPS) is 18.2. The predicted octanol–water partition coefficient (Wildman–Crippen LogP) is 2.91. The van der Waals surface area contributed by atoms with Crippen molar-refractivity contribution < 1.29 is 4.79 Å². The van der Waals surface area contributed by atoms with Gasteiger partial charge >= 0.3 is 0 Å². The second kappa shape index (κ2) is 6.32. The first kappa shape index (κ1) is 14.8. The maximum absolute atomic E-state index is 10.8. The van der Waals surface area contributed by atoms with E-state index in [-0.39, 0.29) is 0 Å². The highest BCUT2D eigenvalue weighted by Gasteiger charge is 2.23. The highest BCUT2D eigenvalue weighted by Crippen LogP contribution is 2.32. The van der Waals surface area contributed by atoms with Gasteiger partial charge in [0.25, 0.3) is 0 Å². The Kier molecular flexibility index (Phi) is 4.24. The average Bonchev–Trinajstić information content (AvgIpc) is 2.57. The molecule has 0 radical (unpaired) electrons. The van der Waals surface area contributed by atoms with Crippen LogP contribution in [0, 0.1) is 0 Å². The number of aromatic nitrogens is 2. The molecule has 3 rings (SSSR count). The first-order valence-electron chi connectivity index (χ1n) is 7.26. The van der Waals surface area contributed by atoms with Crippen molar-refractivity contribution in [3.05, 3.63) is 46.6 Å². The fourth-order valence-electron chi connectivity index (χ4n) is 2.94. The molecule has 1 aliphatic heterocycles. The van der Waals surface area contributed by atoms with Crippen molar-refractivity contribution in [3.63, 3.8) is 0 Å². The maximum atomic E-state index is 10.8. The Labute approximate surface area is 134 Å². The number of rotatable bonds is 3. The maximum Gasteiger partial charge on any atom is 0.169 e. The van der Waals surface area contributed by atoms with Gasteiger partial charge in [-0.3, -0.25) is 4.79 Å². The topological polar surface area (TPSA) is 72.1 Å². The summed E-state index contributed by atoms with van der Waals surface area (Å²) >= 11 is 5.93. The smallest absolute Gasteiger partial charge is 0.169 e. The number of carbonyl (C=O) groups is 1. The second-order valence-electron chi connectivity index (χ2n) is 5.51. The first-order chi connectivity index (χ1) is 10.7. The number of nitrogens with zero attached hydrogens (tertiary/aromatic N) is 3. The molecular weight excluding hydrogens is 300 g/mol. The number of hydrogen-bond acceptors (Lipinski definition) is 5. The molecule has 1 aromatic carbocycles. The van der Waals surface area contributed by atoms with Gasteiger partial charge < -0.3 is 10.6 Å². The van der Waals surface area contributed by atoms with Crippen molar-refractivity contribution in [1.29, 1.82) is 0 Å². The van der Waals surface area contributed by atoms with E-state index < -0.39 is 0 Å². The molecule has 0 aliphatic carbocycles. The zero-order valence-corrected chi connectivity index (χ0v) is 12.8. The van der Waals surface area contributed by atoms with Crippen LogP contribution in [0.15, 0.2) is 30.3 Å². The molecule has 0 amide bonds.